The van der Waals surface area contributed by atoms with Crippen LogP contribution >= 0.6 is 0 Å². The predicted molar refractivity (Wildman–Crippen MR) is 68.7 cm³/mol. The minimum atomic E-state index is 0.163. The highest BCUT2D eigenvalue weighted by Crippen LogP contribution is 2.30. The second kappa shape index (κ2) is 4.85. The Morgan fingerprint density at radius 2 is 2.37 bits per heavy atom. The zero-order valence-corrected chi connectivity index (χ0v) is 10.6. The van der Waals surface area contributed by atoms with Gasteiger partial charge < -0.3 is 15.2 Å². The van der Waals surface area contributed by atoms with Gasteiger partial charge in [-0.3, -0.25) is 0 Å². The second-order valence-electron chi connectivity index (χ2n) is 4.42. The van der Waals surface area contributed by atoms with Crippen LogP contribution in [0.15, 0.2) is 18.2 Å². The summed E-state index contributed by atoms with van der Waals surface area (Å²) in [5, 5.41) is 11.9. The second-order valence-corrected chi connectivity index (χ2v) is 4.42. The van der Waals surface area contributed by atoms with Gasteiger partial charge in [-0.1, -0.05) is 0 Å². The number of nitrogens with zero attached hydrogens (tertiary/aromatic N) is 4. The highest BCUT2D eigenvalue weighted by molar-refractivity contribution is 5.73. The molecule has 0 radical (unpaired) electrons. The van der Waals surface area contributed by atoms with Crippen LogP contribution in [0.4, 0.5) is 5.69 Å². The van der Waals surface area contributed by atoms with Crippen LogP contribution in [-0.4, -0.2) is 40.5 Å². The first kappa shape index (κ1) is 11.9. The molecule has 100 valence electrons. The first-order chi connectivity index (χ1) is 9.29. The van der Waals surface area contributed by atoms with Gasteiger partial charge in [0, 0.05) is 17.9 Å². The molecule has 1 atom stereocenters. The fourth-order valence-corrected chi connectivity index (χ4v) is 2.19. The Morgan fingerprint density at radius 3 is 3.11 bits per heavy atom. The topological polar surface area (TPSA) is 88.1 Å². The van der Waals surface area contributed by atoms with Crippen molar-refractivity contribution in [1.82, 2.24) is 20.2 Å². The molecule has 2 heterocycles. The molecule has 1 aromatic carbocycles. The maximum Gasteiger partial charge on any atom is 0.184 e. The number of tetrazole rings is 1. The third-order valence-corrected chi connectivity index (χ3v) is 3.25. The van der Waals surface area contributed by atoms with E-state index < -0.39 is 0 Å². The van der Waals surface area contributed by atoms with Crippen molar-refractivity contribution in [3.63, 3.8) is 0 Å². The molecule has 0 spiro atoms. The van der Waals surface area contributed by atoms with Crippen LogP contribution in [0.25, 0.3) is 11.4 Å². The Hall–Kier alpha value is -2.15. The number of aromatic nitrogens is 4. The van der Waals surface area contributed by atoms with Crippen molar-refractivity contribution in [3.8, 4) is 17.1 Å². The largest absolute Gasteiger partial charge is 0.497 e. The van der Waals surface area contributed by atoms with Crippen LogP contribution in [0.5, 0.6) is 5.75 Å². The molecule has 1 saturated heterocycles. The molecule has 0 saturated carbocycles. The van der Waals surface area contributed by atoms with E-state index in [9.17, 15) is 0 Å². The zero-order chi connectivity index (χ0) is 13.2. The maximum absolute atomic E-state index is 6.01. The van der Waals surface area contributed by atoms with Crippen molar-refractivity contribution in [2.75, 3.05) is 26.1 Å². The molecule has 0 aliphatic carbocycles. The molecule has 1 aliphatic heterocycles. The third-order valence-electron chi connectivity index (χ3n) is 3.25. The molecule has 1 aliphatic rings. The lowest BCUT2D eigenvalue weighted by Gasteiger charge is -2.12. The number of ether oxygens (including phenoxy) is 2. The first-order valence-corrected chi connectivity index (χ1v) is 6.09. The van der Waals surface area contributed by atoms with Crippen molar-refractivity contribution in [3.05, 3.63) is 18.2 Å². The molecule has 1 unspecified atom stereocenters. The van der Waals surface area contributed by atoms with Crippen LogP contribution in [-0.2, 0) is 4.74 Å². The smallest absolute Gasteiger partial charge is 0.184 e. The van der Waals surface area contributed by atoms with Gasteiger partial charge in [0.05, 0.1) is 19.8 Å². The van der Waals surface area contributed by atoms with Gasteiger partial charge in [0.2, 0.25) is 0 Å². The Morgan fingerprint density at radius 1 is 1.47 bits per heavy atom. The van der Waals surface area contributed by atoms with Crippen molar-refractivity contribution >= 4 is 5.69 Å². The third kappa shape index (κ3) is 2.12. The minimum absolute atomic E-state index is 0.163. The van der Waals surface area contributed by atoms with Crippen molar-refractivity contribution in [1.29, 1.82) is 0 Å². The predicted octanol–water partition coefficient (Wildman–Crippen LogP) is 0.892. The van der Waals surface area contributed by atoms with Crippen LogP contribution in [0.1, 0.15) is 12.5 Å². The first-order valence-electron chi connectivity index (χ1n) is 6.09. The summed E-state index contributed by atoms with van der Waals surface area (Å²) in [4.78, 5) is 0. The van der Waals surface area contributed by atoms with Crippen molar-refractivity contribution < 1.29 is 9.47 Å². The average Bonchev–Trinajstić information content (AvgIpc) is 3.09. The van der Waals surface area contributed by atoms with Gasteiger partial charge in [0.25, 0.3) is 0 Å². The molecule has 1 aromatic heterocycles. The molecule has 3 rings (SSSR count). The molecule has 19 heavy (non-hydrogen) atoms. The van der Waals surface area contributed by atoms with Crippen molar-refractivity contribution in [2.45, 2.75) is 12.5 Å². The Kier molecular flexibility index (Phi) is 3.04. The van der Waals surface area contributed by atoms with E-state index in [1.165, 1.54) is 0 Å². The van der Waals surface area contributed by atoms with E-state index in [1.54, 1.807) is 17.9 Å². The lowest BCUT2D eigenvalue weighted by molar-refractivity contribution is 0.184. The molecule has 1 fully saturated rings. The lowest BCUT2D eigenvalue weighted by Crippen LogP contribution is -2.12. The Labute approximate surface area is 110 Å². The quantitative estimate of drug-likeness (QED) is 0.825. The Balaban J connectivity index is 2.04. The van der Waals surface area contributed by atoms with E-state index in [2.05, 4.69) is 15.5 Å². The fourth-order valence-electron chi connectivity index (χ4n) is 2.19. The molecular formula is C12H15N5O2. The monoisotopic (exact) mass is 261 g/mol. The summed E-state index contributed by atoms with van der Waals surface area (Å²) in [5.74, 6) is 1.37. The highest BCUT2D eigenvalue weighted by atomic mass is 16.5. The van der Waals surface area contributed by atoms with Gasteiger partial charge in [-0.05, 0) is 35.0 Å². The molecule has 0 amide bonds. The number of rotatable bonds is 3. The normalized spacial score (nSPS) is 18.7. The van der Waals surface area contributed by atoms with Gasteiger partial charge in [0.1, 0.15) is 5.75 Å². The van der Waals surface area contributed by atoms with E-state index in [0.717, 1.165) is 24.3 Å². The summed E-state index contributed by atoms with van der Waals surface area (Å²) in [6.45, 7) is 1.36. The standard InChI is InChI=1S/C12H15N5O2/c1-18-9-2-3-11(13)10(6-9)12-14-15-16-17(12)8-4-5-19-7-8/h2-3,6,8H,4-5,7,13H2,1H3. The SMILES string of the molecule is COc1ccc(N)c(-c2nnnn2C2CCOC2)c1. The van der Waals surface area contributed by atoms with Crippen LogP contribution in [0, 0.1) is 0 Å². The molecular weight excluding hydrogens is 246 g/mol. The lowest BCUT2D eigenvalue weighted by atomic mass is 10.1. The van der Waals surface area contributed by atoms with E-state index in [1.807, 2.05) is 12.1 Å². The summed E-state index contributed by atoms with van der Waals surface area (Å²) in [5.41, 5.74) is 7.40. The van der Waals surface area contributed by atoms with Crippen LogP contribution < -0.4 is 10.5 Å². The van der Waals surface area contributed by atoms with E-state index >= 15 is 0 Å². The molecule has 7 heteroatoms. The van der Waals surface area contributed by atoms with Gasteiger partial charge in [-0.2, -0.15) is 0 Å². The maximum atomic E-state index is 6.01. The number of methoxy groups -OCH3 is 1. The van der Waals surface area contributed by atoms with E-state index in [-0.39, 0.29) is 6.04 Å². The summed E-state index contributed by atoms with van der Waals surface area (Å²) in [6.07, 6.45) is 0.905. The average molecular weight is 261 g/mol. The van der Waals surface area contributed by atoms with Gasteiger partial charge in [-0.25, -0.2) is 4.68 Å². The number of hydrogen-bond donors (Lipinski definition) is 1. The van der Waals surface area contributed by atoms with Gasteiger partial charge in [-0.15, -0.1) is 5.10 Å². The number of nitrogen functional groups attached to an aromatic ring is 1. The summed E-state index contributed by atoms with van der Waals surface area (Å²) < 4.78 is 12.4. The Bertz CT molecular complexity index is 577. The van der Waals surface area contributed by atoms with Crippen LogP contribution in [0.2, 0.25) is 0 Å². The van der Waals surface area contributed by atoms with E-state index in [0.29, 0.717) is 18.1 Å². The highest BCUT2D eigenvalue weighted by Gasteiger charge is 2.23. The van der Waals surface area contributed by atoms with E-state index in [4.69, 9.17) is 15.2 Å². The number of nitrogens with two attached hydrogens (primary N) is 1. The summed E-state index contributed by atoms with van der Waals surface area (Å²) in [6, 6.07) is 5.60. The summed E-state index contributed by atoms with van der Waals surface area (Å²) in [7, 11) is 1.61. The van der Waals surface area contributed by atoms with Gasteiger partial charge >= 0.3 is 0 Å². The minimum Gasteiger partial charge on any atom is -0.497 e. The van der Waals surface area contributed by atoms with Gasteiger partial charge in [0.15, 0.2) is 5.82 Å². The zero-order valence-electron chi connectivity index (χ0n) is 10.6. The molecule has 2 N–H and O–H groups in total. The number of benzene rings is 1. The number of hydrogen-bond acceptors (Lipinski definition) is 6. The molecule has 7 nitrogen and oxygen atoms in total. The van der Waals surface area contributed by atoms with Crippen molar-refractivity contribution in [2.24, 2.45) is 0 Å². The molecule has 2 aromatic rings. The van der Waals surface area contributed by atoms with Crippen LogP contribution in [0.3, 0.4) is 0 Å². The molecule has 0 bridgehead atoms. The number of anilines is 1. The summed E-state index contributed by atoms with van der Waals surface area (Å²) >= 11 is 0. The fraction of sp³-hybridized carbons (Fsp3) is 0.417.